The molecule has 2 N–H and O–H groups in total. The average Bonchev–Trinajstić information content (AvgIpc) is 2.94. The van der Waals surface area contributed by atoms with Crippen molar-refractivity contribution in [3.05, 3.63) is 41.2 Å². The highest BCUT2D eigenvalue weighted by Gasteiger charge is 2.20. The Kier molecular flexibility index (Phi) is 5.29. The number of rotatable bonds is 8. The number of hydrogen-bond acceptors (Lipinski definition) is 5. The zero-order chi connectivity index (χ0) is 16.8. The molecule has 0 radical (unpaired) electrons. The molecule has 0 saturated carbocycles. The molecule has 2 aromatic rings. The van der Waals surface area contributed by atoms with Crippen LogP contribution in [0.2, 0.25) is 0 Å². The van der Waals surface area contributed by atoms with Crippen molar-refractivity contribution in [3.8, 4) is 5.75 Å². The number of aromatic carboxylic acids is 1. The third-order valence-electron chi connectivity index (χ3n) is 3.26. The summed E-state index contributed by atoms with van der Waals surface area (Å²) >= 11 is 0. The molecular weight excluding hydrogens is 302 g/mol. The topological polar surface area (TPSA) is 115 Å². The summed E-state index contributed by atoms with van der Waals surface area (Å²) < 4.78 is 6.87. The fraction of sp³-hybridized carbons (Fsp3) is 0.333. The molecule has 0 bridgehead atoms. The SMILES string of the molecule is CCc1cccc(OCc2c(C(=O)O)nnn2CCC(=O)O)c1. The molecule has 8 nitrogen and oxygen atoms in total. The summed E-state index contributed by atoms with van der Waals surface area (Å²) in [5.41, 5.74) is 1.10. The highest BCUT2D eigenvalue weighted by atomic mass is 16.5. The van der Waals surface area contributed by atoms with Gasteiger partial charge in [0.15, 0.2) is 5.69 Å². The smallest absolute Gasteiger partial charge is 0.358 e. The number of carbonyl (C=O) groups is 2. The summed E-state index contributed by atoms with van der Waals surface area (Å²) in [6, 6.07) is 7.46. The van der Waals surface area contributed by atoms with Gasteiger partial charge in [0.1, 0.15) is 18.1 Å². The van der Waals surface area contributed by atoms with Crippen LogP contribution in [0.1, 0.15) is 35.1 Å². The summed E-state index contributed by atoms with van der Waals surface area (Å²) in [7, 11) is 0. The maximum absolute atomic E-state index is 11.2. The maximum Gasteiger partial charge on any atom is 0.358 e. The Hall–Kier alpha value is -2.90. The van der Waals surface area contributed by atoms with E-state index in [9.17, 15) is 9.59 Å². The van der Waals surface area contributed by atoms with Crippen LogP contribution in [-0.4, -0.2) is 37.1 Å². The average molecular weight is 319 g/mol. The van der Waals surface area contributed by atoms with E-state index in [2.05, 4.69) is 10.3 Å². The standard InChI is InChI=1S/C15H17N3O5/c1-2-10-4-3-5-11(8-10)23-9-12-14(15(21)22)16-17-18(12)7-6-13(19)20/h3-5,8H,2,6-7,9H2,1H3,(H,19,20)(H,21,22). The van der Waals surface area contributed by atoms with Crippen molar-refractivity contribution in [1.82, 2.24) is 15.0 Å². The normalized spacial score (nSPS) is 10.5. The fourth-order valence-corrected chi connectivity index (χ4v) is 2.03. The van der Waals surface area contributed by atoms with Gasteiger partial charge in [0.05, 0.1) is 13.0 Å². The van der Waals surface area contributed by atoms with Gasteiger partial charge in [0, 0.05) is 0 Å². The number of aliphatic carboxylic acids is 1. The van der Waals surface area contributed by atoms with Crippen LogP contribution in [0.4, 0.5) is 0 Å². The van der Waals surface area contributed by atoms with Gasteiger partial charge in [-0.3, -0.25) is 4.79 Å². The molecule has 0 saturated heterocycles. The molecule has 1 heterocycles. The maximum atomic E-state index is 11.2. The van der Waals surface area contributed by atoms with E-state index >= 15 is 0 Å². The minimum Gasteiger partial charge on any atom is -0.487 e. The van der Waals surface area contributed by atoms with Crippen molar-refractivity contribution >= 4 is 11.9 Å². The highest BCUT2D eigenvalue weighted by molar-refractivity contribution is 5.86. The van der Waals surface area contributed by atoms with Crippen molar-refractivity contribution < 1.29 is 24.5 Å². The highest BCUT2D eigenvalue weighted by Crippen LogP contribution is 2.17. The largest absolute Gasteiger partial charge is 0.487 e. The van der Waals surface area contributed by atoms with E-state index < -0.39 is 11.9 Å². The molecule has 0 amide bonds. The lowest BCUT2D eigenvalue weighted by molar-refractivity contribution is -0.137. The Balaban J connectivity index is 2.17. The molecule has 8 heteroatoms. The molecule has 0 atom stereocenters. The molecule has 0 unspecified atom stereocenters. The van der Waals surface area contributed by atoms with Gasteiger partial charge in [-0.25, -0.2) is 9.48 Å². The molecule has 23 heavy (non-hydrogen) atoms. The van der Waals surface area contributed by atoms with Crippen LogP contribution >= 0.6 is 0 Å². The number of aryl methyl sites for hydroxylation is 2. The number of ether oxygens (including phenoxy) is 1. The lowest BCUT2D eigenvalue weighted by Crippen LogP contribution is -2.13. The summed E-state index contributed by atoms with van der Waals surface area (Å²) in [4.78, 5) is 21.9. The van der Waals surface area contributed by atoms with Crippen LogP contribution in [0.5, 0.6) is 5.75 Å². The Morgan fingerprint density at radius 2 is 2.09 bits per heavy atom. The predicted octanol–water partition coefficient (Wildman–Crippen LogP) is 1.59. The quantitative estimate of drug-likeness (QED) is 0.759. The van der Waals surface area contributed by atoms with Crippen molar-refractivity contribution in [2.24, 2.45) is 0 Å². The zero-order valence-electron chi connectivity index (χ0n) is 12.6. The number of carboxylic acids is 2. The van der Waals surface area contributed by atoms with E-state index in [-0.39, 0.29) is 31.0 Å². The molecule has 122 valence electrons. The van der Waals surface area contributed by atoms with E-state index in [4.69, 9.17) is 14.9 Å². The Labute approximate surface area is 132 Å². The van der Waals surface area contributed by atoms with Gasteiger partial charge in [0.2, 0.25) is 0 Å². The lowest BCUT2D eigenvalue weighted by Gasteiger charge is -2.09. The fourth-order valence-electron chi connectivity index (χ4n) is 2.03. The van der Waals surface area contributed by atoms with Crippen LogP contribution in [0.25, 0.3) is 0 Å². The van der Waals surface area contributed by atoms with Gasteiger partial charge < -0.3 is 14.9 Å². The third-order valence-corrected chi connectivity index (χ3v) is 3.26. The minimum atomic E-state index is -1.23. The van der Waals surface area contributed by atoms with Crippen molar-refractivity contribution in [3.63, 3.8) is 0 Å². The third kappa shape index (κ3) is 4.29. The summed E-state index contributed by atoms with van der Waals surface area (Å²) in [6.07, 6.45) is 0.677. The molecule has 0 aliphatic rings. The first-order valence-electron chi connectivity index (χ1n) is 7.10. The first-order chi connectivity index (χ1) is 11.0. The molecule has 0 aliphatic heterocycles. The van der Waals surface area contributed by atoms with E-state index in [1.165, 1.54) is 4.68 Å². The monoisotopic (exact) mass is 319 g/mol. The second-order valence-corrected chi connectivity index (χ2v) is 4.85. The van der Waals surface area contributed by atoms with Crippen molar-refractivity contribution in [1.29, 1.82) is 0 Å². The van der Waals surface area contributed by atoms with Gasteiger partial charge in [-0.15, -0.1) is 5.10 Å². The van der Waals surface area contributed by atoms with Gasteiger partial charge in [0.25, 0.3) is 0 Å². The summed E-state index contributed by atoms with van der Waals surface area (Å²) in [6.45, 7) is 2.00. The number of benzene rings is 1. The van der Waals surface area contributed by atoms with Gasteiger partial charge in [-0.2, -0.15) is 0 Å². The number of hydrogen-bond donors (Lipinski definition) is 2. The molecule has 0 fully saturated rings. The Morgan fingerprint density at radius 3 is 2.74 bits per heavy atom. The van der Waals surface area contributed by atoms with E-state index in [0.717, 1.165) is 12.0 Å². The molecule has 0 spiro atoms. The van der Waals surface area contributed by atoms with Crippen LogP contribution in [0.15, 0.2) is 24.3 Å². The molecule has 1 aromatic heterocycles. The zero-order valence-corrected chi connectivity index (χ0v) is 12.6. The lowest BCUT2D eigenvalue weighted by atomic mass is 10.2. The molecule has 0 aliphatic carbocycles. The van der Waals surface area contributed by atoms with E-state index in [1.54, 1.807) is 6.07 Å². The van der Waals surface area contributed by atoms with Gasteiger partial charge >= 0.3 is 11.9 Å². The van der Waals surface area contributed by atoms with Crippen molar-refractivity contribution in [2.75, 3.05) is 0 Å². The number of aromatic nitrogens is 3. The first-order valence-corrected chi connectivity index (χ1v) is 7.10. The summed E-state index contributed by atoms with van der Waals surface area (Å²) in [5.74, 6) is -1.63. The van der Waals surface area contributed by atoms with Gasteiger partial charge in [-0.1, -0.05) is 24.3 Å². The Morgan fingerprint density at radius 1 is 1.30 bits per heavy atom. The van der Waals surface area contributed by atoms with Crippen LogP contribution < -0.4 is 4.74 Å². The van der Waals surface area contributed by atoms with Crippen LogP contribution in [0.3, 0.4) is 0 Å². The first kappa shape index (κ1) is 16.5. The number of carboxylic acid groups (broad SMARTS) is 2. The minimum absolute atomic E-state index is 0.0311. The second-order valence-electron chi connectivity index (χ2n) is 4.85. The molecule has 2 rings (SSSR count). The van der Waals surface area contributed by atoms with E-state index in [1.807, 2.05) is 25.1 Å². The number of nitrogens with zero attached hydrogens (tertiary/aromatic N) is 3. The van der Waals surface area contributed by atoms with Gasteiger partial charge in [-0.05, 0) is 24.1 Å². The second kappa shape index (κ2) is 7.39. The predicted molar refractivity (Wildman–Crippen MR) is 79.4 cm³/mol. The Bertz CT molecular complexity index is 711. The van der Waals surface area contributed by atoms with Crippen LogP contribution in [-0.2, 0) is 24.4 Å². The van der Waals surface area contributed by atoms with Crippen LogP contribution in [0, 0.1) is 0 Å². The van der Waals surface area contributed by atoms with E-state index in [0.29, 0.717) is 5.75 Å². The van der Waals surface area contributed by atoms with Crippen molar-refractivity contribution in [2.45, 2.75) is 32.9 Å². The summed E-state index contributed by atoms with van der Waals surface area (Å²) in [5, 5.41) is 25.2. The molecule has 1 aromatic carbocycles. The molecular formula is C15H17N3O5.